The molecule has 32 heavy (non-hydrogen) atoms. The maximum atomic E-state index is 15.8. The molecule has 0 saturated heterocycles. The first-order valence-electron chi connectivity index (χ1n) is 12.1. The number of fused-ring (bicyclic) bond motifs is 5. The Hall–Kier alpha value is -1.50. The van der Waals surface area contributed by atoms with Gasteiger partial charge in [0.05, 0.1) is 0 Å². The zero-order valence-corrected chi connectivity index (χ0v) is 19.6. The molecule has 0 aromatic rings. The highest BCUT2D eigenvalue weighted by Gasteiger charge is 2.66. The highest BCUT2D eigenvalue weighted by Crippen LogP contribution is 2.68. The minimum absolute atomic E-state index is 0.0164. The van der Waals surface area contributed by atoms with Crippen LogP contribution in [0.25, 0.3) is 0 Å². The molecule has 0 aromatic heterocycles. The van der Waals surface area contributed by atoms with Crippen LogP contribution in [0.2, 0.25) is 0 Å². The number of esters is 2. The SMILES string of the molecule is CC(=O)OC1CC[C@@]2(C)C(C1)C(F)C[C@H]1[C@@H]3CC[C@H](C(=O)CO)[C@@]3(C)CC(OC(C)=O)[C@@H]12. The van der Waals surface area contributed by atoms with E-state index in [1.54, 1.807) is 0 Å². The third-order valence-electron chi connectivity index (χ3n) is 9.69. The van der Waals surface area contributed by atoms with Crippen molar-refractivity contribution in [3.8, 4) is 0 Å². The van der Waals surface area contributed by atoms with Crippen LogP contribution < -0.4 is 0 Å². The molecule has 0 radical (unpaired) electrons. The van der Waals surface area contributed by atoms with E-state index in [1.165, 1.54) is 13.8 Å². The summed E-state index contributed by atoms with van der Waals surface area (Å²) < 4.78 is 27.1. The Kier molecular flexibility index (Phi) is 6.19. The largest absolute Gasteiger partial charge is 0.463 e. The van der Waals surface area contributed by atoms with Crippen molar-refractivity contribution in [3.63, 3.8) is 0 Å². The number of alkyl halides is 1. The number of aliphatic hydroxyl groups excluding tert-OH is 1. The minimum Gasteiger partial charge on any atom is -0.463 e. The zero-order chi connectivity index (χ0) is 23.4. The number of carbonyl (C=O) groups is 3. The maximum Gasteiger partial charge on any atom is 0.302 e. The quantitative estimate of drug-likeness (QED) is 0.655. The van der Waals surface area contributed by atoms with Crippen molar-refractivity contribution in [2.24, 2.45) is 40.4 Å². The van der Waals surface area contributed by atoms with Crippen LogP contribution in [-0.4, -0.2) is 47.8 Å². The van der Waals surface area contributed by atoms with Gasteiger partial charge in [0, 0.05) is 25.7 Å². The van der Waals surface area contributed by atoms with Gasteiger partial charge in [-0.25, -0.2) is 4.39 Å². The fourth-order valence-electron chi connectivity index (χ4n) is 8.61. The fourth-order valence-corrected chi connectivity index (χ4v) is 8.61. The normalized spacial score (nSPS) is 47.6. The lowest BCUT2D eigenvalue weighted by molar-refractivity contribution is -0.212. The van der Waals surface area contributed by atoms with Crippen molar-refractivity contribution in [3.05, 3.63) is 0 Å². The van der Waals surface area contributed by atoms with Crippen molar-refractivity contribution < 1.29 is 33.4 Å². The molecule has 1 N–H and O–H groups in total. The summed E-state index contributed by atoms with van der Waals surface area (Å²) in [5.41, 5.74) is -0.765. The summed E-state index contributed by atoms with van der Waals surface area (Å²) in [6.07, 6.45) is 2.73. The van der Waals surface area contributed by atoms with E-state index in [0.717, 1.165) is 12.8 Å². The molecule has 4 aliphatic carbocycles. The lowest BCUT2D eigenvalue weighted by Crippen LogP contribution is -2.62. The van der Waals surface area contributed by atoms with E-state index in [1.807, 2.05) is 0 Å². The predicted molar refractivity (Wildman–Crippen MR) is 114 cm³/mol. The lowest BCUT2D eigenvalue weighted by Gasteiger charge is -2.63. The van der Waals surface area contributed by atoms with E-state index in [9.17, 15) is 19.5 Å². The average Bonchev–Trinajstić information content (AvgIpc) is 3.04. The molecule has 0 bridgehead atoms. The highest BCUT2D eigenvalue weighted by molar-refractivity contribution is 5.83. The smallest absolute Gasteiger partial charge is 0.302 e. The summed E-state index contributed by atoms with van der Waals surface area (Å²) in [6, 6.07) is 0. The molecule has 4 unspecified atom stereocenters. The number of hydrogen-bond donors (Lipinski definition) is 1. The van der Waals surface area contributed by atoms with Crippen LogP contribution in [-0.2, 0) is 23.9 Å². The molecule has 4 aliphatic rings. The first-order valence-corrected chi connectivity index (χ1v) is 12.1. The predicted octanol–water partition coefficient (Wildman–Crippen LogP) is 3.63. The van der Waals surface area contributed by atoms with Crippen LogP contribution in [0.5, 0.6) is 0 Å². The van der Waals surface area contributed by atoms with Gasteiger partial charge in [-0.1, -0.05) is 13.8 Å². The molecule has 4 saturated carbocycles. The molecule has 0 spiro atoms. The van der Waals surface area contributed by atoms with E-state index in [0.29, 0.717) is 32.1 Å². The van der Waals surface area contributed by atoms with Gasteiger partial charge >= 0.3 is 11.9 Å². The summed E-state index contributed by atoms with van der Waals surface area (Å²) in [7, 11) is 0. The van der Waals surface area contributed by atoms with Gasteiger partial charge in [0.2, 0.25) is 0 Å². The van der Waals surface area contributed by atoms with Crippen LogP contribution in [0, 0.1) is 40.4 Å². The van der Waals surface area contributed by atoms with Crippen molar-refractivity contribution in [2.75, 3.05) is 6.61 Å². The third-order valence-corrected chi connectivity index (χ3v) is 9.69. The monoisotopic (exact) mass is 452 g/mol. The molecule has 4 fully saturated rings. The molecule has 6 nitrogen and oxygen atoms in total. The Morgan fingerprint density at radius 1 is 0.969 bits per heavy atom. The molecule has 0 heterocycles. The highest BCUT2D eigenvalue weighted by atomic mass is 19.1. The molecule has 0 aromatic carbocycles. The van der Waals surface area contributed by atoms with E-state index in [2.05, 4.69) is 13.8 Å². The van der Waals surface area contributed by atoms with E-state index >= 15 is 4.39 Å². The van der Waals surface area contributed by atoms with Gasteiger partial charge in [-0.05, 0) is 73.5 Å². The van der Waals surface area contributed by atoms with Gasteiger partial charge in [0.15, 0.2) is 5.78 Å². The summed E-state index contributed by atoms with van der Waals surface area (Å²) >= 11 is 0. The maximum absolute atomic E-state index is 15.8. The third kappa shape index (κ3) is 3.68. The topological polar surface area (TPSA) is 89.9 Å². The summed E-state index contributed by atoms with van der Waals surface area (Å²) in [5.74, 6) is -1.16. The Morgan fingerprint density at radius 3 is 2.28 bits per heavy atom. The van der Waals surface area contributed by atoms with Crippen LogP contribution in [0.3, 0.4) is 0 Å². The molecule has 180 valence electrons. The summed E-state index contributed by atoms with van der Waals surface area (Å²) in [5, 5.41) is 9.54. The fraction of sp³-hybridized carbons (Fsp3) is 0.880. The van der Waals surface area contributed by atoms with Crippen molar-refractivity contribution in [1.29, 1.82) is 0 Å². The van der Waals surface area contributed by atoms with Gasteiger partial charge in [-0.2, -0.15) is 0 Å². The van der Waals surface area contributed by atoms with Gasteiger partial charge in [-0.3, -0.25) is 14.4 Å². The number of aliphatic hydroxyl groups is 1. The van der Waals surface area contributed by atoms with Crippen LogP contribution in [0.15, 0.2) is 0 Å². The van der Waals surface area contributed by atoms with Gasteiger partial charge in [0.1, 0.15) is 25.0 Å². The van der Waals surface area contributed by atoms with Crippen LogP contribution in [0.4, 0.5) is 4.39 Å². The van der Waals surface area contributed by atoms with Crippen LogP contribution in [0.1, 0.15) is 72.6 Å². The average molecular weight is 453 g/mol. The summed E-state index contributed by atoms with van der Waals surface area (Å²) in [6.45, 7) is 6.53. The Bertz CT molecular complexity index is 784. The molecule has 7 heteroatoms. The minimum atomic E-state index is -1.02. The van der Waals surface area contributed by atoms with Gasteiger partial charge in [0.25, 0.3) is 0 Å². The second-order valence-corrected chi connectivity index (χ2v) is 11.3. The van der Waals surface area contributed by atoms with Crippen molar-refractivity contribution in [2.45, 2.75) is 91.0 Å². The molecule has 0 amide bonds. The Balaban J connectivity index is 1.69. The lowest BCUT2D eigenvalue weighted by atomic mass is 9.43. The number of halogens is 1. The van der Waals surface area contributed by atoms with E-state index in [-0.39, 0.29) is 64.9 Å². The van der Waals surface area contributed by atoms with E-state index in [4.69, 9.17) is 9.47 Å². The zero-order valence-electron chi connectivity index (χ0n) is 19.6. The van der Waals surface area contributed by atoms with Crippen LogP contribution >= 0.6 is 0 Å². The molecular weight excluding hydrogens is 415 g/mol. The number of carbonyl (C=O) groups excluding carboxylic acids is 3. The first-order chi connectivity index (χ1) is 15.0. The van der Waals surface area contributed by atoms with Crippen molar-refractivity contribution >= 4 is 17.7 Å². The first kappa shape index (κ1) is 23.7. The Morgan fingerprint density at radius 2 is 1.66 bits per heavy atom. The van der Waals surface area contributed by atoms with E-state index < -0.39 is 18.2 Å². The standard InChI is InChI=1S/C25H37FO6/c1-13(28)31-15-7-8-24(3)19(9-15)20(26)10-16-17-5-6-18(21(30)12-27)25(17,4)11-22(23(16)24)32-14(2)29/h15-20,22-23,27H,5-12H2,1-4H3/t15?,16-,17-,18+,19?,20?,22?,23+,24-,25-/m0/s1. The molecular formula is C25H37FO6. The molecule has 4 rings (SSSR count). The number of hydrogen-bond acceptors (Lipinski definition) is 6. The number of ether oxygens (including phenoxy) is 2. The number of Topliss-reactive ketones (excluding diaryl/α,β-unsaturated/α-hetero) is 1. The second-order valence-electron chi connectivity index (χ2n) is 11.3. The second kappa shape index (κ2) is 8.37. The molecule has 10 atom stereocenters. The summed E-state index contributed by atoms with van der Waals surface area (Å²) in [4.78, 5) is 36.2. The Labute approximate surface area is 189 Å². The number of ketones is 1. The number of rotatable bonds is 4. The molecule has 0 aliphatic heterocycles. The van der Waals surface area contributed by atoms with Gasteiger partial charge in [-0.15, -0.1) is 0 Å². The van der Waals surface area contributed by atoms with Crippen molar-refractivity contribution in [1.82, 2.24) is 0 Å². The van der Waals surface area contributed by atoms with Gasteiger partial charge < -0.3 is 14.6 Å².